The van der Waals surface area contributed by atoms with Gasteiger partial charge < -0.3 is 14.8 Å². The molecule has 1 atom stereocenters. The van der Waals surface area contributed by atoms with Crippen LogP contribution < -0.4 is 5.32 Å². The van der Waals surface area contributed by atoms with Gasteiger partial charge in [0.15, 0.2) is 0 Å². The first-order valence-corrected chi connectivity index (χ1v) is 7.79. The van der Waals surface area contributed by atoms with Crippen LogP contribution in [0.2, 0.25) is 0 Å². The molecule has 0 aliphatic carbocycles. The molecule has 4 nitrogen and oxygen atoms in total. The number of hydrogen-bond donors (Lipinski definition) is 2. The van der Waals surface area contributed by atoms with Crippen LogP contribution in [0.4, 0.5) is 5.69 Å². The molecule has 24 heavy (non-hydrogen) atoms. The second kappa shape index (κ2) is 6.62. The van der Waals surface area contributed by atoms with Gasteiger partial charge in [-0.15, -0.1) is 0 Å². The number of anilines is 1. The van der Waals surface area contributed by atoms with Crippen molar-refractivity contribution in [3.8, 4) is 11.1 Å². The minimum absolute atomic E-state index is 0.0382. The Bertz CT molecular complexity index is 832. The fraction of sp³-hybridized carbons (Fsp3) is 0.150. The Morgan fingerprint density at radius 1 is 1.04 bits per heavy atom. The van der Waals surface area contributed by atoms with Gasteiger partial charge in [0.05, 0.1) is 6.26 Å². The molecule has 0 saturated carbocycles. The number of furan rings is 1. The van der Waals surface area contributed by atoms with E-state index in [1.165, 1.54) is 17.4 Å². The minimum atomic E-state index is -1.06. The zero-order valence-electron chi connectivity index (χ0n) is 13.6. The number of aromatic carboxylic acids is 1. The molecule has 3 aromatic rings. The van der Waals surface area contributed by atoms with E-state index in [1.807, 2.05) is 24.3 Å². The highest BCUT2D eigenvalue weighted by Gasteiger charge is 2.15. The Morgan fingerprint density at radius 2 is 1.71 bits per heavy atom. The van der Waals surface area contributed by atoms with Crippen LogP contribution in [0, 0.1) is 6.92 Å². The summed E-state index contributed by atoms with van der Waals surface area (Å²) in [5.74, 6) is -1.10. The third kappa shape index (κ3) is 3.33. The van der Waals surface area contributed by atoms with Gasteiger partial charge in [0, 0.05) is 17.3 Å². The van der Waals surface area contributed by atoms with Crippen molar-refractivity contribution in [2.75, 3.05) is 5.32 Å². The molecule has 4 heteroatoms. The Hall–Kier alpha value is -3.01. The minimum Gasteiger partial charge on any atom is -0.475 e. The van der Waals surface area contributed by atoms with E-state index in [-0.39, 0.29) is 11.8 Å². The SMILES string of the molecule is Cc1ccc(C(C)Nc2ccc(-c3ccoc3C(=O)O)cc2)cc1. The Balaban J connectivity index is 1.76. The number of aryl methyl sites for hydroxylation is 1. The van der Waals surface area contributed by atoms with E-state index in [1.54, 1.807) is 6.07 Å². The van der Waals surface area contributed by atoms with Crippen LogP contribution in [0.15, 0.2) is 65.3 Å². The van der Waals surface area contributed by atoms with Gasteiger partial charge >= 0.3 is 5.97 Å². The van der Waals surface area contributed by atoms with Crippen LogP contribution >= 0.6 is 0 Å². The van der Waals surface area contributed by atoms with Crippen molar-refractivity contribution in [2.24, 2.45) is 0 Å². The van der Waals surface area contributed by atoms with Crippen LogP contribution in [-0.4, -0.2) is 11.1 Å². The van der Waals surface area contributed by atoms with Crippen molar-refractivity contribution in [3.63, 3.8) is 0 Å². The molecule has 3 rings (SSSR count). The lowest BCUT2D eigenvalue weighted by Gasteiger charge is -2.16. The lowest BCUT2D eigenvalue weighted by atomic mass is 10.0. The number of rotatable bonds is 5. The van der Waals surface area contributed by atoms with Crippen LogP contribution in [-0.2, 0) is 0 Å². The summed E-state index contributed by atoms with van der Waals surface area (Å²) in [5, 5.41) is 12.6. The summed E-state index contributed by atoms with van der Waals surface area (Å²) in [6.45, 7) is 4.18. The molecule has 0 fully saturated rings. The van der Waals surface area contributed by atoms with Gasteiger partial charge in [-0.2, -0.15) is 0 Å². The largest absolute Gasteiger partial charge is 0.475 e. The second-order valence-electron chi connectivity index (χ2n) is 5.82. The molecular formula is C20H19NO3. The predicted molar refractivity (Wildman–Crippen MR) is 94.3 cm³/mol. The average molecular weight is 321 g/mol. The van der Waals surface area contributed by atoms with Crippen molar-refractivity contribution in [3.05, 3.63) is 77.7 Å². The zero-order valence-corrected chi connectivity index (χ0v) is 13.6. The summed E-state index contributed by atoms with van der Waals surface area (Å²) >= 11 is 0. The summed E-state index contributed by atoms with van der Waals surface area (Å²) in [4.78, 5) is 11.1. The molecule has 0 aliphatic rings. The smallest absolute Gasteiger partial charge is 0.372 e. The summed E-state index contributed by atoms with van der Waals surface area (Å²) in [7, 11) is 0. The molecule has 0 spiro atoms. The van der Waals surface area contributed by atoms with Crippen molar-refractivity contribution in [1.82, 2.24) is 0 Å². The number of hydrogen-bond acceptors (Lipinski definition) is 3. The predicted octanol–water partition coefficient (Wildman–Crippen LogP) is 5.13. The van der Waals surface area contributed by atoms with Gasteiger partial charge in [0.25, 0.3) is 0 Å². The second-order valence-corrected chi connectivity index (χ2v) is 5.82. The van der Waals surface area contributed by atoms with Crippen LogP contribution in [0.25, 0.3) is 11.1 Å². The maximum Gasteiger partial charge on any atom is 0.372 e. The molecule has 0 amide bonds. The fourth-order valence-electron chi connectivity index (χ4n) is 2.64. The monoisotopic (exact) mass is 321 g/mol. The Labute approximate surface area is 140 Å². The third-order valence-corrected chi connectivity index (χ3v) is 4.02. The summed E-state index contributed by atoms with van der Waals surface area (Å²) in [6, 6.07) is 17.9. The number of carboxylic acids is 1. The van der Waals surface area contributed by atoms with E-state index in [2.05, 4.69) is 43.4 Å². The maximum atomic E-state index is 11.1. The number of benzene rings is 2. The first kappa shape index (κ1) is 15.9. The Kier molecular flexibility index (Phi) is 4.38. The van der Waals surface area contributed by atoms with Gasteiger partial charge in [0.2, 0.25) is 5.76 Å². The molecule has 1 unspecified atom stereocenters. The highest BCUT2D eigenvalue weighted by atomic mass is 16.4. The fourth-order valence-corrected chi connectivity index (χ4v) is 2.64. The van der Waals surface area contributed by atoms with E-state index >= 15 is 0 Å². The lowest BCUT2D eigenvalue weighted by Crippen LogP contribution is -2.06. The average Bonchev–Trinajstić information content (AvgIpc) is 3.06. The topological polar surface area (TPSA) is 62.5 Å². The highest BCUT2D eigenvalue weighted by molar-refractivity contribution is 5.93. The van der Waals surface area contributed by atoms with Gasteiger partial charge in [-0.25, -0.2) is 4.79 Å². The first-order chi connectivity index (χ1) is 11.5. The molecule has 122 valence electrons. The molecule has 0 radical (unpaired) electrons. The lowest BCUT2D eigenvalue weighted by molar-refractivity contribution is 0.0663. The van der Waals surface area contributed by atoms with Crippen LogP contribution in [0.3, 0.4) is 0 Å². The number of nitrogens with one attached hydrogen (secondary N) is 1. The summed E-state index contributed by atoms with van der Waals surface area (Å²) < 4.78 is 5.03. The van der Waals surface area contributed by atoms with Crippen LogP contribution in [0.1, 0.15) is 34.6 Å². The summed E-state index contributed by atoms with van der Waals surface area (Å²) in [6.07, 6.45) is 1.39. The molecule has 0 saturated heterocycles. The standard InChI is InChI=1S/C20H19NO3/c1-13-3-5-15(6-4-13)14(2)21-17-9-7-16(8-10-17)18-11-12-24-19(18)20(22)23/h3-12,14,21H,1-2H3,(H,22,23). The van der Waals surface area contributed by atoms with Gasteiger partial charge in [-0.05, 0) is 43.2 Å². The number of carbonyl (C=O) groups is 1. The molecule has 2 aromatic carbocycles. The molecule has 1 heterocycles. The van der Waals surface area contributed by atoms with E-state index in [0.29, 0.717) is 5.56 Å². The van der Waals surface area contributed by atoms with Gasteiger partial charge in [-0.3, -0.25) is 0 Å². The van der Waals surface area contributed by atoms with Crippen molar-refractivity contribution in [2.45, 2.75) is 19.9 Å². The summed E-state index contributed by atoms with van der Waals surface area (Å²) in [5.41, 5.74) is 4.83. The number of carboxylic acid groups (broad SMARTS) is 1. The zero-order chi connectivity index (χ0) is 17.1. The first-order valence-electron chi connectivity index (χ1n) is 7.79. The van der Waals surface area contributed by atoms with Crippen molar-refractivity contribution in [1.29, 1.82) is 0 Å². The Morgan fingerprint density at radius 3 is 2.33 bits per heavy atom. The van der Waals surface area contributed by atoms with E-state index in [9.17, 15) is 4.79 Å². The highest BCUT2D eigenvalue weighted by Crippen LogP contribution is 2.27. The normalized spacial score (nSPS) is 11.9. The molecule has 0 aliphatic heterocycles. The van der Waals surface area contributed by atoms with Crippen molar-refractivity contribution < 1.29 is 14.3 Å². The van der Waals surface area contributed by atoms with Gasteiger partial charge in [0.1, 0.15) is 0 Å². The van der Waals surface area contributed by atoms with Crippen molar-refractivity contribution >= 4 is 11.7 Å². The molecular weight excluding hydrogens is 302 g/mol. The molecule has 2 N–H and O–H groups in total. The third-order valence-electron chi connectivity index (χ3n) is 4.02. The van der Waals surface area contributed by atoms with E-state index < -0.39 is 5.97 Å². The quantitative estimate of drug-likeness (QED) is 0.684. The maximum absolute atomic E-state index is 11.1. The van der Waals surface area contributed by atoms with Gasteiger partial charge in [-0.1, -0.05) is 42.0 Å². The van der Waals surface area contributed by atoms with E-state index in [4.69, 9.17) is 9.52 Å². The molecule has 1 aromatic heterocycles. The molecule has 0 bridgehead atoms. The van der Waals surface area contributed by atoms with E-state index in [0.717, 1.165) is 11.3 Å². The van der Waals surface area contributed by atoms with Crippen LogP contribution in [0.5, 0.6) is 0 Å².